The van der Waals surface area contributed by atoms with E-state index < -0.39 is 5.82 Å². The maximum atomic E-state index is 14.4. The fourth-order valence-corrected chi connectivity index (χ4v) is 4.69. The molecule has 0 bridgehead atoms. The Morgan fingerprint density at radius 2 is 1.78 bits per heavy atom. The first-order chi connectivity index (χ1) is 14.5. The zero-order valence-electron chi connectivity index (χ0n) is 19.0. The largest absolute Gasteiger partial charge is 0.494 e. The molecule has 9 heteroatoms. The number of hydrogen-bond acceptors (Lipinski definition) is 5. The Bertz CT molecular complexity index is 971. The third kappa shape index (κ3) is 5.38. The van der Waals surface area contributed by atoms with Crippen molar-refractivity contribution in [1.29, 1.82) is 0 Å². The van der Waals surface area contributed by atoms with Gasteiger partial charge in [-0.2, -0.15) is 5.10 Å². The minimum Gasteiger partial charge on any atom is -0.494 e. The molecule has 0 spiro atoms. The highest BCUT2D eigenvalue weighted by Gasteiger charge is 2.25. The fourth-order valence-electron chi connectivity index (χ4n) is 4.69. The van der Waals surface area contributed by atoms with Crippen LogP contribution in [-0.2, 0) is 6.54 Å². The molecule has 1 aliphatic carbocycles. The van der Waals surface area contributed by atoms with Gasteiger partial charge in [-0.1, -0.05) is 12.8 Å². The average Bonchev–Trinajstić information content (AvgIpc) is 3.24. The lowest BCUT2D eigenvalue weighted by Gasteiger charge is -2.35. The average molecular weight is 487 g/mol. The fraction of sp³-hybridized carbons (Fsp3) is 0.565. The van der Waals surface area contributed by atoms with Gasteiger partial charge in [-0.15, -0.1) is 24.8 Å². The van der Waals surface area contributed by atoms with Gasteiger partial charge in [0, 0.05) is 43.9 Å². The topological polar surface area (TPSA) is 50.6 Å². The predicted octanol–water partition coefficient (Wildman–Crippen LogP) is 4.15. The number of benzene rings is 1. The minimum absolute atomic E-state index is 0. The molecule has 178 valence electrons. The van der Waals surface area contributed by atoms with E-state index in [1.165, 1.54) is 26.0 Å². The van der Waals surface area contributed by atoms with Gasteiger partial charge >= 0.3 is 0 Å². The molecule has 1 aliphatic heterocycles. The standard InChI is InChI=1S/C23H31FN4O2.2ClH/c1-16-21(18-8-9-20(30-3)19(24)14-18)25-28(15-17-6-4-5-7-17)23(29)22(16)27-12-10-26(2)11-13-27;;/h8-9,14,17H,4-7,10-13,15H2,1-3H3;2*1H. The van der Waals surface area contributed by atoms with Crippen LogP contribution in [0.5, 0.6) is 5.75 Å². The van der Waals surface area contributed by atoms with E-state index in [0.717, 1.165) is 44.6 Å². The van der Waals surface area contributed by atoms with E-state index in [9.17, 15) is 9.18 Å². The number of aromatic nitrogens is 2. The number of halogens is 3. The third-order valence-electron chi connectivity index (χ3n) is 6.52. The number of nitrogens with zero attached hydrogens (tertiary/aromatic N) is 4. The third-order valence-corrected chi connectivity index (χ3v) is 6.52. The number of piperazine rings is 1. The normalized spacial score (nSPS) is 17.1. The van der Waals surface area contributed by atoms with Crippen molar-refractivity contribution in [3.05, 3.63) is 39.9 Å². The highest BCUT2D eigenvalue weighted by molar-refractivity contribution is 5.85. The molecule has 32 heavy (non-hydrogen) atoms. The van der Waals surface area contributed by atoms with Crippen molar-refractivity contribution in [1.82, 2.24) is 14.7 Å². The molecule has 1 saturated carbocycles. The second kappa shape index (κ2) is 11.3. The molecule has 0 amide bonds. The molecule has 4 rings (SSSR count). The van der Waals surface area contributed by atoms with E-state index in [4.69, 9.17) is 9.84 Å². The summed E-state index contributed by atoms with van der Waals surface area (Å²) in [6.45, 7) is 5.99. The van der Waals surface area contributed by atoms with Gasteiger partial charge < -0.3 is 14.5 Å². The summed E-state index contributed by atoms with van der Waals surface area (Å²) in [5, 5.41) is 4.73. The number of hydrogen-bond donors (Lipinski definition) is 0. The SMILES string of the molecule is COc1ccc(-c2nn(CC3CCCC3)c(=O)c(N3CCN(C)CC3)c2C)cc1F.Cl.Cl. The van der Waals surface area contributed by atoms with Crippen LogP contribution >= 0.6 is 24.8 Å². The van der Waals surface area contributed by atoms with E-state index in [-0.39, 0.29) is 36.1 Å². The first-order valence-corrected chi connectivity index (χ1v) is 10.9. The predicted molar refractivity (Wildman–Crippen MR) is 131 cm³/mol. The van der Waals surface area contributed by atoms with Gasteiger partial charge in [0.1, 0.15) is 5.69 Å². The molecular formula is C23H33Cl2FN4O2. The molecule has 2 heterocycles. The molecule has 1 aromatic heterocycles. The van der Waals surface area contributed by atoms with E-state index in [0.29, 0.717) is 29.4 Å². The zero-order valence-corrected chi connectivity index (χ0v) is 20.6. The van der Waals surface area contributed by atoms with Gasteiger partial charge in [0.2, 0.25) is 0 Å². The lowest BCUT2D eigenvalue weighted by molar-refractivity contribution is 0.311. The van der Waals surface area contributed by atoms with Crippen molar-refractivity contribution in [3.8, 4) is 17.0 Å². The molecule has 0 atom stereocenters. The smallest absolute Gasteiger partial charge is 0.290 e. The van der Waals surface area contributed by atoms with Gasteiger partial charge in [-0.3, -0.25) is 4.79 Å². The van der Waals surface area contributed by atoms with E-state index in [1.807, 2.05) is 13.0 Å². The number of methoxy groups -OCH3 is 1. The molecule has 2 aliphatic rings. The molecule has 0 radical (unpaired) electrons. The summed E-state index contributed by atoms with van der Waals surface area (Å²) in [5.74, 6) is 0.263. The molecule has 6 nitrogen and oxygen atoms in total. The highest BCUT2D eigenvalue weighted by Crippen LogP contribution is 2.31. The van der Waals surface area contributed by atoms with Gasteiger partial charge in [0.05, 0.1) is 12.8 Å². The maximum absolute atomic E-state index is 14.4. The summed E-state index contributed by atoms with van der Waals surface area (Å²) in [6.07, 6.45) is 4.71. The van der Waals surface area contributed by atoms with Crippen LogP contribution in [0.1, 0.15) is 31.2 Å². The Kier molecular flexibility index (Phi) is 9.37. The van der Waals surface area contributed by atoms with Gasteiger partial charge in [0.25, 0.3) is 5.56 Å². The van der Waals surface area contributed by atoms with E-state index >= 15 is 0 Å². The van der Waals surface area contributed by atoms with Gasteiger partial charge in [-0.25, -0.2) is 9.07 Å². The van der Waals surface area contributed by atoms with Crippen molar-refractivity contribution in [2.45, 2.75) is 39.2 Å². The summed E-state index contributed by atoms with van der Waals surface area (Å²) in [6, 6.07) is 4.88. The summed E-state index contributed by atoms with van der Waals surface area (Å²) < 4.78 is 21.1. The van der Waals surface area contributed by atoms with Crippen LogP contribution < -0.4 is 15.2 Å². The number of rotatable bonds is 5. The molecule has 0 N–H and O–H groups in total. The number of ether oxygens (including phenoxy) is 1. The van der Waals surface area contributed by atoms with Crippen LogP contribution in [0.2, 0.25) is 0 Å². The van der Waals surface area contributed by atoms with Crippen molar-refractivity contribution in [2.24, 2.45) is 5.92 Å². The first-order valence-electron chi connectivity index (χ1n) is 10.9. The quantitative estimate of drug-likeness (QED) is 0.635. The van der Waals surface area contributed by atoms with Crippen molar-refractivity contribution >= 4 is 30.5 Å². The first kappa shape index (κ1) is 26.4. The van der Waals surface area contributed by atoms with E-state index in [2.05, 4.69) is 16.8 Å². The highest BCUT2D eigenvalue weighted by atomic mass is 35.5. The Balaban J connectivity index is 0.00000181. The monoisotopic (exact) mass is 486 g/mol. The maximum Gasteiger partial charge on any atom is 0.290 e. The molecule has 1 saturated heterocycles. The lowest BCUT2D eigenvalue weighted by atomic mass is 10.0. The van der Waals surface area contributed by atoms with Crippen LogP contribution in [0.4, 0.5) is 10.1 Å². The summed E-state index contributed by atoms with van der Waals surface area (Å²) >= 11 is 0. The minimum atomic E-state index is -0.425. The summed E-state index contributed by atoms with van der Waals surface area (Å²) in [7, 11) is 3.55. The lowest BCUT2D eigenvalue weighted by Crippen LogP contribution is -2.47. The van der Waals surface area contributed by atoms with Crippen molar-refractivity contribution < 1.29 is 9.13 Å². The molecular weight excluding hydrogens is 454 g/mol. The van der Waals surface area contributed by atoms with Gasteiger partial charge in [-0.05, 0) is 50.9 Å². The van der Waals surface area contributed by atoms with Crippen LogP contribution in [-0.4, -0.2) is 55.0 Å². The van der Waals surface area contributed by atoms with E-state index in [1.54, 1.807) is 10.7 Å². The summed E-state index contributed by atoms with van der Waals surface area (Å²) in [4.78, 5) is 17.9. The van der Waals surface area contributed by atoms with Crippen LogP contribution in [0.25, 0.3) is 11.3 Å². The molecule has 2 aromatic rings. The molecule has 1 aromatic carbocycles. The Labute approximate surface area is 201 Å². The molecule has 0 unspecified atom stereocenters. The van der Waals surface area contributed by atoms with Gasteiger partial charge in [0.15, 0.2) is 11.6 Å². The van der Waals surface area contributed by atoms with Crippen LogP contribution in [0, 0.1) is 18.7 Å². The second-order valence-electron chi connectivity index (χ2n) is 8.60. The summed E-state index contributed by atoms with van der Waals surface area (Å²) in [5.41, 5.74) is 2.84. The molecule has 2 fully saturated rings. The Morgan fingerprint density at radius 3 is 2.38 bits per heavy atom. The van der Waals surface area contributed by atoms with Crippen LogP contribution in [0.15, 0.2) is 23.0 Å². The Hall–Kier alpha value is -1.83. The van der Waals surface area contributed by atoms with Crippen molar-refractivity contribution in [2.75, 3.05) is 45.2 Å². The number of anilines is 1. The van der Waals surface area contributed by atoms with Crippen LogP contribution in [0.3, 0.4) is 0 Å². The Morgan fingerprint density at radius 1 is 1.12 bits per heavy atom. The number of likely N-dealkylation sites (N-methyl/N-ethyl adjacent to an activating group) is 1. The zero-order chi connectivity index (χ0) is 21.3. The van der Waals surface area contributed by atoms with Crippen molar-refractivity contribution in [3.63, 3.8) is 0 Å². The second-order valence-corrected chi connectivity index (χ2v) is 8.60.